The van der Waals surface area contributed by atoms with E-state index in [9.17, 15) is 4.79 Å². The third-order valence-corrected chi connectivity index (χ3v) is 3.51. The van der Waals surface area contributed by atoms with Crippen molar-refractivity contribution in [2.24, 2.45) is 5.10 Å². The van der Waals surface area contributed by atoms with Crippen molar-refractivity contribution in [1.82, 2.24) is 5.43 Å². The van der Waals surface area contributed by atoms with Crippen LogP contribution in [-0.2, 0) is 4.79 Å². The van der Waals surface area contributed by atoms with Crippen LogP contribution in [0.2, 0.25) is 0 Å². The highest BCUT2D eigenvalue weighted by Gasteiger charge is 2.15. The number of methoxy groups -OCH3 is 1. The lowest BCUT2D eigenvalue weighted by Gasteiger charge is -2.13. The Balaban J connectivity index is 1.54. The molecule has 2 aromatic rings. The number of amides is 1. The maximum Gasteiger partial charge on any atom is 0.280 e. The minimum Gasteiger partial charge on any atom is -0.497 e. The van der Waals surface area contributed by atoms with Crippen molar-refractivity contribution >= 4 is 12.1 Å². The Kier molecular flexibility index (Phi) is 5.03. The minimum absolute atomic E-state index is 0.214. The molecule has 1 amide bonds. The molecule has 0 saturated carbocycles. The van der Waals surface area contributed by atoms with Crippen LogP contribution in [0, 0.1) is 0 Å². The van der Waals surface area contributed by atoms with Gasteiger partial charge < -0.3 is 18.9 Å². The van der Waals surface area contributed by atoms with Gasteiger partial charge in [0.1, 0.15) is 11.5 Å². The van der Waals surface area contributed by atoms with Crippen LogP contribution in [0.5, 0.6) is 23.0 Å². The molecule has 0 aliphatic carbocycles. The van der Waals surface area contributed by atoms with E-state index in [-0.39, 0.29) is 12.7 Å². The summed E-state index contributed by atoms with van der Waals surface area (Å²) in [7, 11) is 1.57. The van der Waals surface area contributed by atoms with E-state index in [0.29, 0.717) is 23.0 Å². The molecule has 1 unspecified atom stereocenters. The van der Waals surface area contributed by atoms with Gasteiger partial charge in [0.15, 0.2) is 17.6 Å². The highest BCUT2D eigenvalue weighted by molar-refractivity contribution is 5.85. The zero-order valence-corrected chi connectivity index (χ0v) is 13.9. The monoisotopic (exact) mass is 342 g/mol. The van der Waals surface area contributed by atoms with E-state index in [2.05, 4.69) is 10.5 Å². The second-order valence-electron chi connectivity index (χ2n) is 5.29. The number of benzene rings is 2. The molecule has 25 heavy (non-hydrogen) atoms. The van der Waals surface area contributed by atoms with Crippen LogP contribution in [0.4, 0.5) is 0 Å². The molecule has 0 radical (unpaired) electrons. The second-order valence-corrected chi connectivity index (χ2v) is 5.29. The number of nitrogens with zero attached hydrogens (tertiary/aromatic N) is 1. The van der Waals surface area contributed by atoms with Gasteiger partial charge in [-0.15, -0.1) is 0 Å². The summed E-state index contributed by atoms with van der Waals surface area (Å²) in [6, 6.07) is 12.4. The fourth-order valence-electron chi connectivity index (χ4n) is 2.19. The Morgan fingerprint density at radius 2 is 2.00 bits per heavy atom. The fraction of sp³-hybridized carbons (Fsp3) is 0.222. The van der Waals surface area contributed by atoms with E-state index >= 15 is 0 Å². The van der Waals surface area contributed by atoms with Crippen LogP contribution < -0.4 is 24.4 Å². The maximum atomic E-state index is 12.1. The number of hydrogen-bond acceptors (Lipinski definition) is 6. The van der Waals surface area contributed by atoms with Crippen molar-refractivity contribution in [1.29, 1.82) is 0 Å². The van der Waals surface area contributed by atoms with Gasteiger partial charge in [-0.1, -0.05) is 6.07 Å². The van der Waals surface area contributed by atoms with Crippen molar-refractivity contribution in [3.8, 4) is 23.0 Å². The molecule has 1 atom stereocenters. The largest absolute Gasteiger partial charge is 0.497 e. The molecular formula is C18H18N2O5. The first-order chi connectivity index (χ1) is 12.2. The number of carbonyl (C=O) groups excluding carboxylic acids is 1. The second kappa shape index (κ2) is 7.57. The maximum absolute atomic E-state index is 12.1. The Bertz CT molecular complexity index is 791. The quantitative estimate of drug-likeness (QED) is 0.644. The van der Waals surface area contributed by atoms with Crippen LogP contribution >= 0.6 is 0 Å². The van der Waals surface area contributed by atoms with E-state index in [1.807, 2.05) is 6.07 Å². The van der Waals surface area contributed by atoms with Gasteiger partial charge in [0.2, 0.25) is 6.79 Å². The summed E-state index contributed by atoms with van der Waals surface area (Å²) in [6.45, 7) is 1.86. The minimum atomic E-state index is -0.707. The van der Waals surface area contributed by atoms with E-state index in [0.717, 1.165) is 5.56 Å². The van der Waals surface area contributed by atoms with Gasteiger partial charge in [0.05, 0.1) is 13.3 Å². The highest BCUT2D eigenvalue weighted by atomic mass is 16.7. The molecule has 0 aromatic heterocycles. The van der Waals surface area contributed by atoms with Gasteiger partial charge >= 0.3 is 0 Å². The first-order valence-corrected chi connectivity index (χ1v) is 7.69. The molecule has 1 N–H and O–H groups in total. The lowest BCUT2D eigenvalue weighted by Crippen LogP contribution is -2.33. The molecule has 0 fully saturated rings. The Morgan fingerprint density at radius 1 is 1.20 bits per heavy atom. The zero-order chi connectivity index (χ0) is 17.6. The Labute approximate surface area is 145 Å². The standard InChI is InChI=1S/C18H18N2O5/c1-12(25-15-5-3-4-14(9-15)22-2)18(21)20-19-10-13-6-7-16-17(8-13)24-11-23-16/h3-10,12H,11H2,1-2H3,(H,20,21)/b19-10+. The summed E-state index contributed by atoms with van der Waals surface area (Å²) in [5.74, 6) is 2.19. The van der Waals surface area contributed by atoms with Gasteiger partial charge in [-0.3, -0.25) is 4.79 Å². The summed E-state index contributed by atoms with van der Waals surface area (Å²) in [5, 5.41) is 3.94. The SMILES string of the molecule is COc1cccc(OC(C)C(=O)N/N=C/c2ccc3c(c2)OCO3)c1. The molecule has 3 rings (SSSR count). The number of nitrogens with one attached hydrogen (secondary N) is 1. The number of hydrogen-bond donors (Lipinski definition) is 1. The third kappa shape index (κ3) is 4.20. The molecule has 0 spiro atoms. The fourth-order valence-corrected chi connectivity index (χ4v) is 2.19. The van der Waals surface area contributed by atoms with E-state index in [1.54, 1.807) is 50.4 Å². The lowest BCUT2D eigenvalue weighted by molar-refractivity contribution is -0.127. The van der Waals surface area contributed by atoms with Gasteiger partial charge in [0.25, 0.3) is 5.91 Å². The number of hydrazone groups is 1. The lowest BCUT2D eigenvalue weighted by atomic mass is 10.2. The summed E-state index contributed by atoms with van der Waals surface area (Å²) >= 11 is 0. The predicted molar refractivity (Wildman–Crippen MR) is 91.4 cm³/mol. The molecule has 2 aromatic carbocycles. The Hall–Kier alpha value is -3.22. The predicted octanol–water partition coefficient (Wildman–Crippen LogP) is 2.34. The van der Waals surface area contributed by atoms with Crippen LogP contribution in [-0.4, -0.2) is 32.1 Å². The molecule has 1 heterocycles. The first kappa shape index (κ1) is 16.6. The molecule has 7 heteroatoms. The summed E-state index contributed by atoms with van der Waals surface area (Å²) < 4.78 is 21.2. The molecule has 0 bridgehead atoms. The van der Waals surface area contributed by atoms with Crippen LogP contribution in [0.25, 0.3) is 0 Å². The van der Waals surface area contributed by atoms with Crippen LogP contribution in [0.15, 0.2) is 47.6 Å². The topological polar surface area (TPSA) is 78.4 Å². The average Bonchev–Trinajstić information content (AvgIpc) is 3.09. The smallest absolute Gasteiger partial charge is 0.280 e. The molecule has 130 valence electrons. The zero-order valence-electron chi connectivity index (χ0n) is 13.9. The summed E-state index contributed by atoms with van der Waals surface area (Å²) in [4.78, 5) is 12.1. The highest BCUT2D eigenvalue weighted by Crippen LogP contribution is 2.31. The molecule has 1 aliphatic heterocycles. The molecular weight excluding hydrogens is 324 g/mol. The Morgan fingerprint density at radius 3 is 2.84 bits per heavy atom. The number of ether oxygens (including phenoxy) is 4. The summed E-state index contributed by atoms with van der Waals surface area (Å²) in [6.07, 6.45) is 0.819. The van der Waals surface area contributed by atoms with Gasteiger partial charge in [0, 0.05) is 6.07 Å². The van der Waals surface area contributed by atoms with E-state index in [1.165, 1.54) is 6.21 Å². The molecule has 1 aliphatic rings. The van der Waals surface area contributed by atoms with Crippen molar-refractivity contribution in [2.45, 2.75) is 13.0 Å². The average molecular weight is 342 g/mol. The molecule has 7 nitrogen and oxygen atoms in total. The van der Waals surface area contributed by atoms with Crippen molar-refractivity contribution in [3.05, 3.63) is 48.0 Å². The van der Waals surface area contributed by atoms with Gasteiger partial charge in [-0.2, -0.15) is 5.10 Å². The number of fused-ring (bicyclic) bond motifs is 1. The number of rotatable bonds is 6. The van der Waals surface area contributed by atoms with E-state index < -0.39 is 6.10 Å². The first-order valence-electron chi connectivity index (χ1n) is 7.69. The third-order valence-electron chi connectivity index (χ3n) is 3.51. The van der Waals surface area contributed by atoms with Crippen LogP contribution in [0.3, 0.4) is 0 Å². The van der Waals surface area contributed by atoms with Gasteiger partial charge in [-0.05, 0) is 42.8 Å². The van der Waals surface area contributed by atoms with Crippen molar-refractivity contribution in [2.75, 3.05) is 13.9 Å². The summed E-state index contributed by atoms with van der Waals surface area (Å²) in [5.41, 5.74) is 3.23. The van der Waals surface area contributed by atoms with Crippen molar-refractivity contribution < 1.29 is 23.7 Å². The van der Waals surface area contributed by atoms with Crippen LogP contribution in [0.1, 0.15) is 12.5 Å². The van der Waals surface area contributed by atoms with Crippen molar-refractivity contribution in [3.63, 3.8) is 0 Å². The van der Waals surface area contributed by atoms with Gasteiger partial charge in [-0.25, -0.2) is 5.43 Å². The molecule has 0 saturated heterocycles. The normalized spacial score (nSPS) is 13.5. The van der Waals surface area contributed by atoms with E-state index in [4.69, 9.17) is 18.9 Å². The number of carbonyl (C=O) groups is 1.